The molecule has 22 heavy (non-hydrogen) atoms. The Bertz CT molecular complexity index is 587. The second kappa shape index (κ2) is 5.69. The number of fused-ring (bicyclic) bond motifs is 1. The molecule has 1 aromatic heterocycles. The molecule has 0 saturated carbocycles. The second-order valence-corrected chi connectivity index (χ2v) is 8.15. The number of hydrogen-bond donors (Lipinski definition) is 0. The van der Waals surface area contributed by atoms with Gasteiger partial charge in [-0.25, -0.2) is 4.79 Å². The Labute approximate surface area is 135 Å². The third-order valence-electron chi connectivity index (χ3n) is 4.42. The van der Waals surface area contributed by atoms with Gasteiger partial charge in [-0.1, -0.05) is 0 Å². The molecule has 2 unspecified atom stereocenters. The highest BCUT2D eigenvalue weighted by Crippen LogP contribution is 2.36. The Kier molecular flexibility index (Phi) is 4.02. The van der Waals surface area contributed by atoms with E-state index in [0.29, 0.717) is 6.54 Å². The quantitative estimate of drug-likeness (QED) is 0.788. The summed E-state index contributed by atoms with van der Waals surface area (Å²) >= 11 is 1.66. The van der Waals surface area contributed by atoms with E-state index < -0.39 is 5.60 Å². The first-order chi connectivity index (χ1) is 10.4. The number of carbonyl (C=O) groups excluding carboxylic acids is 2. The smallest absolute Gasteiger partial charge is 0.410 e. The Balaban J connectivity index is 1.77. The molecule has 0 bridgehead atoms. The van der Waals surface area contributed by atoms with Crippen LogP contribution >= 0.6 is 11.3 Å². The monoisotopic (exact) mass is 321 g/mol. The van der Waals surface area contributed by atoms with Crippen LogP contribution in [0.5, 0.6) is 0 Å². The normalized spacial score (nSPS) is 25.2. The molecule has 1 amide bonds. The fourth-order valence-corrected chi connectivity index (χ4v) is 4.40. The highest BCUT2D eigenvalue weighted by molar-refractivity contribution is 7.10. The van der Waals surface area contributed by atoms with E-state index in [1.165, 1.54) is 4.88 Å². The fourth-order valence-electron chi connectivity index (χ4n) is 3.50. The van der Waals surface area contributed by atoms with Crippen molar-refractivity contribution in [2.24, 2.45) is 5.92 Å². The lowest BCUT2D eigenvalue weighted by Crippen LogP contribution is -2.46. The number of likely N-dealkylation sites (tertiary alicyclic amines) is 1. The van der Waals surface area contributed by atoms with Gasteiger partial charge in [0.25, 0.3) is 0 Å². The number of carbonyl (C=O) groups is 2. The number of hydrogen-bond acceptors (Lipinski definition) is 4. The summed E-state index contributed by atoms with van der Waals surface area (Å²) in [7, 11) is 0. The average molecular weight is 321 g/mol. The number of ether oxygens (including phenoxy) is 1. The molecule has 1 aliphatic heterocycles. The van der Waals surface area contributed by atoms with E-state index in [4.69, 9.17) is 4.74 Å². The van der Waals surface area contributed by atoms with Crippen LogP contribution in [0.3, 0.4) is 0 Å². The van der Waals surface area contributed by atoms with Gasteiger partial charge in [-0.2, -0.15) is 0 Å². The molecule has 1 aromatic rings. The van der Waals surface area contributed by atoms with E-state index in [-0.39, 0.29) is 23.8 Å². The van der Waals surface area contributed by atoms with Crippen LogP contribution in [-0.2, 0) is 11.2 Å². The molecule has 0 radical (unpaired) electrons. The predicted molar refractivity (Wildman–Crippen MR) is 86.4 cm³/mol. The molecule has 0 aromatic carbocycles. The van der Waals surface area contributed by atoms with Gasteiger partial charge in [0, 0.05) is 28.9 Å². The summed E-state index contributed by atoms with van der Waals surface area (Å²) in [4.78, 5) is 28.1. The van der Waals surface area contributed by atoms with Gasteiger partial charge in [0.1, 0.15) is 5.60 Å². The number of rotatable bonds is 1. The summed E-state index contributed by atoms with van der Waals surface area (Å²) in [5.41, 5.74) is 0.374. The maximum atomic E-state index is 12.7. The summed E-state index contributed by atoms with van der Waals surface area (Å²) in [5.74, 6) is 0.139. The van der Waals surface area contributed by atoms with Crippen molar-refractivity contribution in [2.45, 2.75) is 58.1 Å². The van der Waals surface area contributed by atoms with Crippen LogP contribution in [0, 0.1) is 5.92 Å². The standard InChI is InChI=1S/C17H23NO3S/c1-17(2,3)21-16(20)18-9-4-5-13(18)11-6-7-14-12(15(11)19)8-10-22-14/h8,10-11,13H,4-7,9H2,1-3H3. The number of amides is 1. The van der Waals surface area contributed by atoms with Crippen molar-refractivity contribution < 1.29 is 14.3 Å². The summed E-state index contributed by atoms with van der Waals surface area (Å²) in [6.45, 7) is 6.32. The predicted octanol–water partition coefficient (Wildman–Crippen LogP) is 3.89. The third-order valence-corrected chi connectivity index (χ3v) is 5.40. The molecule has 2 heterocycles. The Morgan fingerprint density at radius 2 is 2.14 bits per heavy atom. The minimum absolute atomic E-state index is 0.00426. The summed E-state index contributed by atoms with van der Waals surface area (Å²) in [6.07, 6.45) is 3.36. The molecule has 4 nitrogen and oxygen atoms in total. The van der Waals surface area contributed by atoms with E-state index in [2.05, 4.69) is 0 Å². The Morgan fingerprint density at radius 1 is 1.36 bits per heavy atom. The van der Waals surface area contributed by atoms with Crippen LogP contribution in [0.1, 0.15) is 55.3 Å². The van der Waals surface area contributed by atoms with E-state index in [9.17, 15) is 9.59 Å². The van der Waals surface area contributed by atoms with Gasteiger partial charge in [0.05, 0.1) is 0 Å². The summed E-state index contributed by atoms with van der Waals surface area (Å²) in [6, 6.07) is 1.93. The molecule has 1 aliphatic carbocycles. The highest BCUT2D eigenvalue weighted by Gasteiger charge is 2.42. The lowest BCUT2D eigenvalue weighted by Gasteiger charge is -2.34. The molecule has 0 spiro atoms. The molecule has 2 atom stereocenters. The van der Waals surface area contributed by atoms with Crippen LogP contribution in [0.25, 0.3) is 0 Å². The molecule has 1 fully saturated rings. The average Bonchev–Trinajstić information content (AvgIpc) is 3.05. The zero-order valence-corrected chi connectivity index (χ0v) is 14.2. The summed E-state index contributed by atoms with van der Waals surface area (Å²) < 4.78 is 5.51. The van der Waals surface area contributed by atoms with Gasteiger partial charge in [-0.05, 0) is 57.9 Å². The van der Waals surface area contributed by atoms with Crippen molar-refractivity contribution in [3.8, 4) is 0 Å². The second-order valence-electron chi connectivity index (χ2n) is 7.15. The summed E-state index contributed by atoms with van der Waals surface area (Å²) in [5, 5.41) is 1.99. The van der Waals surface area contributed by atoms with E-state index in [1.807, 2.05) is 32.2 Å². The Morgan fingerprint density at radius 3 is 2.86 bits per heavy atom. The fraction of sp³-hybridized carbons (Fsp3) is 0.647. The molecule has 5 heteroatoms. The zero-order valence-electron chi connectivity index (χ0n) is 13.4. The molecule has 2 aliphatic rings. The molecule has 3 rings (SSSR count). The Hall–Kier alpha value is -1.36. The van der Waals surface area contributed by atoms with Crippen LogP contribution in [-0.4, -0.2) is 35.0 Å². The van der Waals surface area contributed by atoms with Gasteiger partial charge < -0.3 is 9.64 Å². The largest absolute Gasteiger partial charge is 0.444 e. The lowest BCUT2D eigenvalue weighted by atomic mass is 9.81. The van der Waals surface area contributed by atoms with Crippen LogP contribution in [0.4, 0.5) is 4.79 Å². The van der Waals surface area contributed by atoms with E-state index in [1.54, 1.807) is 16.2 Å². The van der Waals surface area contributed by atoms with Crippen molar-refractivity contribution in [3.05, 3.63) is 21.9 Å². The number of nitrogens with zero attached hydrogens (tertiary/aromatic N) is 1. The highest BCUT2D eigenvalue weighted by atomic mass is 32.1. The van der Waals surface area contributed by atoms with Gasteiger partial charge in [0.15, 0.2) is 5.78 Å². The van der Waals surface area contributed by atoms with Crippen molar-refractivity contribution >= 4 is 23.2 Å². The first-order valence-corrected chi connectivity index (χ1v) is 8.85. The minimum Gasteiger partial charge on any atom is -0.444 e. The van der Waals surface area contributed by atoms with Gasteiger partial charge >= 0.3 is 6.09 Å². The molecule has 0 N–H and O–H groups in total. The van der Waals surface area contributed by atoms with Gasteiger partial charge in [-0.3, -0.25) is 4.79 Å². The maximum absolute atomic E-state index is 12.7. The molecule has 120 valence electrons. The number of ketones is 1. The lowest BCUT2D eigenvalue weighted by molar-refractivity contribution is 0.0175. The zero-order chi connectivity index (χ0) is 15.9. The minimum atomic E-state index is -0.499. The molecule has 1 saturated heterocycles. The molecular weight excluding hydrogens is 298 g/mol. The molecular formula is C17H23NO3S. The van der Waals surface area contributed by atoms with E-state index in [0.717, 1.165) is 31.2 Å². The van der Waals surface area contributed by atoms with Gasteiger partial charge in [-0.15, -0.1) is 11.3 Å². The van der Waals surface area contributed by atoms with E-state index >= 15 is 0 Å². The third kappa shape index (κ3) is 2.91. The topological polar surface area (TPSA) is 46.6 Å². The maximum Gasteiger partial charge on any atom is 0.410 e. The van der Waals surface area contributed by atoms with Crippen molar-refractivity contribution in [1.29, 1.82) is 0 Å². The van der Waals surface area contributed by atoms with Crippen LogP contribution in [0.15, 0.2) is 11.4 Å². The van der Waals surface area contributed by atoms with Crippen molar-refractivity contribution in [3.63, 3.8) is 0 Å². The number of Topliss-reactive ketones (excluding diaryl/α,β-unsaturated/α-hetero) is 1. The van der Waals surface area contributed by atoms with Crippen molar-refractivity contribution in [1.82, 2.24) is 4.90 Å². The number of thiophene rings is 1. The SMILES string of the molecule is CC(C)(C)OC(=O)N1CCCC1C1CCc2sccc2C1=O. The van der Waals surface area contributed by atoms with Crippen LogP contribution in [0.2, 0.25) is 0 Å². The van der Waals surface area contributed by atoms with Crippen molar-refractivity contribution in [2.75, 3.05) is 6.54 Å². The first-order valence-electron chi connectivity index (χ1n) is 7.97. The van der Waals surface area contributed by atoms with Gasteiger partial charge in [0.2, 0.25) is 0 Å². The first kappa shape index (κ1) is 15.5. The van der Waals surface area contributed by atoms with Crippen LogP contribution < -0.4 is 0 Å². The number of aryl methyl sites for hydroxylation is 1.